The van der Waals surface area contributed by atoms with E-state index in [0.717, 1.165) is 19.6 Å². The van der Waals surface area contributed by atoms with Crippen LogP contribution in [0, 0.1) is 0 Å². The summed E-state index contributed by atoms with van der Waals surface area (Å²) in [5.74, 6) is -4.53. The van der Waals surface area contributed by atoms with Crippen LogP contribution in [0.3, 0.4) is 0 Å². The number of phenolic OH excluding ortho intramolecular Hbond substituents is 8. The molecule has 9 rings (SSSR count). The summed E-state index contributed by atoms with van der Waals surface area (Å²) in [5.41, 5.74) is 3.57. The van der Waals surface area contributed by atoms with Crippen LogP contribution < -0.4 is 0 Å². The third kappa shape index (κ3) is 11.3. The van der Waals surface area contributed by atoms with Crippen molar-refractivity contribution in [3.63, 3.8) is 0 Å². The Balaban J connectivity index is 1.31. The summed E-state index contributed by atoms with van der Waals surface area (Å²) in [5, 5.41) is 102. The average Bonchev–Trinajstić information content (AvgIpc) is 3.50. The Morgan fingerprint density at radius 2 is 0.421 bits per heavy atom. The molecule has 8 aromatic rings. The van der Waals surface area contributed by atoms with Crippen molar-refractivity contribution in [1.29, 1.82) is 0 Å². The minimum Gasteiger partial charge on any atom is -0.507 e. The highest BCUT2D eigenvalue weighted by atomic mass is 35.5. The van der Waals surface area contributed by atoms with Crippen molar-refractivity contribution in [2.24, 2.45) is 0 Å². The second-order valence-electron chi connectivity index (χ2n) is 18.8. The van der Waals surface area contributed by atoms with E-state index in [1.807, 2.05) is 76.2 Å². The van der Waals surface area contributed by atoms with Gasteiger partial charge in [0, 0.05) is 153 Å². The molecule has 0 saturated heterocycles. The Kier molecular flexibility index (Phi) is 17.1. The molecule has 8 bridgehead atoms. The topological polar surface area (TPSA) is 162 Å². The van der Waals surface area contributed by atoms with Crippen LogP contribution in [0.15, 0.2) is 141 Å². The van der Waals surface area contributed by atoms with Crippen LogP contribution in [0.5, 0.6) is 46.0 Å². The Labute approximate surface area is 478 Å². The van der Waals surface area contributed by atoms with Crippen molar-refractivity contribution in [3.8, 4) is 46.0 Å². The first-order valence-corrected chi connectivity index (χ1v) is 29.6. The maximum atomic E-state index is 12.5. The molecule has 16 heteroatoms. The highest BCUT2D eigenvalue weighted by Crippen LogP contribution is 2.55. The second kappa shape index (κ2) is 23.4. The molecule has 8 aromatic carbocycles. The molecule has 0 spiro atoms. The Hall–Kier alpha value is -5.28. The van der Waals surface area contributed by atoms with E-state index in [0.29, 0.717) is 64.6 Å². The minimum atomic E-state index is -0.810. The Morgan fingerprint density at radius 1 is 0.276 bits per heavy atom. The molecule has 0 saturated carbocycles. The molecule has 0 fully saturated rings. The van der Waals surface area contributed by atoms with E-state index in [1.54, 1.807) is 72.8 Å². The molecule has 0 atom stereocenters. The average molecular weight is 1170 g/mol. The van der Waals surface area contributed by atoms with Gasteiger partial charge in [-0.05, 0) is 121 Å². The van der Waals surface area contributed by atoms with Crippen LogP contribution in [0.2, 0.25) is 20.1 Å². The van der Waals surface area contributed by atoms with E-state index in [-0.39, 0.29) is 91.3 Å². The molecule has 0 unspecified atom stereocenters. The molecule has 8 nitrogen and oxygen atoms in total. The van der Waals surface area contributed by atoms with Crippen molar-refractivity contribution in [3.05, 3.63) is 208 Å². The number of halogens is 4. The van der Waals surface area contributed by atoms with Crippen molar-refractivity contribution < 1.29 is 40.9 Å². The lowest BCUT2D eigenvalue weighted by Crippen LogP contribution is -2.10. The van der Waals surface area contributed by atoms with E-state index < -0.39 is 23.7 Å². The molecule has 0 aromatic heterocycles. The maximum absolute atomic E-state index is 12.5. The van der Waals surface area contributed by atoms with Gasteiger partial charge in [-0.25, -0.2) is 0 Å². The van der Waals surface area contributed by atoms with Crippen molar-refractivity contribution in [2.75, 3.05) is 0 Å². The van der Waals surface area contributed by atoms with Crippen LogP contribution in [0.1, 0.15) is 118 Å². The zero-order valence-corrected chi connectivity index (χ0v) is 47.7. The van der Waals surface area contributed by atoms with E-state index in [9.17, 15) is 40.9 Å². The van der Waals surface area contributed by atoms with Crippen LogP contribution in [0.4, 0.5) is 0 Å². The van der Waals surface area contributed by atoms with Crippen LogP contribution in [0.25, 0.3) is 0 Å². The lowest BCUT2D eigenvalue weighted by Gasteiger charge is -2.29. The van der Waals surface area contributed by atoms with E-state index in [4.69, 9.17) is 46.4 Å². The van der Waals surface area contributed by atoms with Gasteiger partial charge in [0.05, 0.1) is 0 Å². The van der Waals surface area contributed by atoms with E-state index in [2.05, 4.69) is 0 Å². The van der Waals surface area contributed by atoms with Gasteiger partial charge >= 0.3 is 0 Å². The van der Waals surface area contributed by atoms with Gasteiger partial charge in [0.1, 0.15) is 46.0 Å². The maximum Gasteiger partial charge on any atom is 0.127 e. The fourth-order valence-electron chi connectivity index (χ4n) is 9.66. The van der Waals surface area contributed by atoms with Gasteiger partial charge in [-0.1, -0.05) is 74.1 Å². The normalized spacial score (nSPS) is 16.2. The molecule has 1 aliphatic rings. The van der Waals surface area contributed by atoms with Gasteiger partial charge < -0.3 is 40.9 Å². The van der Waals surface area contributed by atoms with Gasteiger partial charge in [0.15, 0.2) is 0 Å². The monoisotopic (exact) mass is 1170 g/mol. The first kappa shape index (κ1) is 55.5. The molecule has 76 heavy (non-hydrogen) atoms. The van der Waals surface area contributed by atoms with Crippen LogP contribution >= 0.6 is 93.5 Å². The third-order valence-corrected chi connectivity index (χ3v) is 19.4. The predicted octanol–water partition coefficient (Wildman–Crippen LogP) is 18.0. The number of thioether (sulfide) groups is 4. The summed E-state index contributed by atoms with van der Waals surface area (Å²) < 4.78 is 0. The largest absolute Gasteiger partial charge is 0.507 e. The quantitative estimate of drug-likeness (QED) is 0.0548. The number of hydrogen-bond acceptors (Lipinski definition) is 12. The van der Waals surface area contributed by atoms with Gasteiger partial charge in [-0.15, -0.1) is 47.0 Å². The molecule has 0 radical (unpaired) electrons. The first-order chi connectivity index (χ1) is 36.3. The van der Waals surface area contributed by atoms with Gasteiger partial charge in [-0.3, -0.25) is 0 Å². The summed E-state index contributed by atoms with van der Waals surface area (Å²) in [7, 11) is 0. The number of phenols is 8. The minimum absolute atomic E-state index is 0.102. The SMILES string of the molecule is CC1c2cc(c(O)c(CSc3ccc(Cl)cc3)c2O)C(C)c2cc(c(O)c(CSc3ccc(Cl)cc3)c2O)C(C)c2cc(c(O)c(CSc3ccc(Cl)cc3)c2O)C(C)c2cc1c(O)c(CSc1ccc(Cl)cc1)c2O. The second-order valence-corrected chi connectivity index (χ2v) is 24.7. The van der Waals surface area contributed by atoms with Crippen molar-refractivity contribution in [2.45, 2.75) is 94.0 Å². The molecule has 392 valence electrons. The lowest BCUT2D eigenvalue weighted by molar-refractivity contribution is 0.421. The standard InChI is InChI=1S/C60H52Cl4O8S4/c1-29-41-21-43(55(67)49(53(41)65)25-73-37-13-5-33(61)6-14-37)30(2)45-23-47(59(71)51(57(45)69)27-75-39-17-9-35(63)10-18-39)32(4)48-24-46(58(70)52(60(48)72)28-76-40-19-11-36(64)12-20-40)31(3)44-22-42(29)54(66)50(56(44)68)26-74-38-15-7-34(62)8-16-38/h5-24,29-32,65-72H,25-28H2,1-4H3. The summed E-state index contributed by atoms with van der Waals surface area (Å²) in [6.45, 7) is 7.29. The van der Waals surface area contributed by atoms with Gasteiger partial charge in [-0.2, -0.15) is 0 Å². The lowest BCUT2D eigenvalue weighted by atomic mass is 9.78. The molecular weight excluding hydrogens is 1120 g/mol. The number of hydrogen-bond donors (Lipinski definition) is 8. The Morgan fingerprint density at radius 3 is 0.566 bits per heavy atom. The van der Waals surface area contributed by atoms with Gasteiger partial charge in [0.2, 0.25) is 0 Å². The highest BCUT2D eigenvalue weighted by molar-refractivity contribution is 7.99. The number of benzene rings is 8. The summed E-state index contributed by atoms with van der Waals surface area (Å²) >= 11 is 30.4. The van der Waals surface area contributed by atoms with Crippen molar-refractivity contribution >= 4 is 93.5 Å². The molecule has 1 aliphatic carbocycles. The molecule has 0 heterocycles. The first-order valence-electron chi connectivity index (χ1n) is 24.1. The van der Waals surface area contributed by atoms with Crippen LogP contribution in [-0.2, 0) is 23.0 Å². The summed E-state index contributed by atoms with van der Waals surface area (Å²) in [6, 6.07) is 35.5. The third-order valence-electron chi connectivity index (χ3n) is 14.2. The van der Waals surface area contributed by atoms with E-state index >= 15 is 0 Å². The smallest absolute Gasteiger partial charge is 0.127 e. The fourth-order valence-corrected chi connectivity index (χ4v) is 13.8. The van der Waals surface area contributed by atoms with Crippen LogP contribution in [-0.4, -0.2) is 40.9 Å². The van der Waals surface area contributed by atoms with Gasteiger partial charge in [0.25, 0.3) is 0 Å². The summed E-state index contributed by atoms with van der Waals surface area (Å²) in [4.78, 5) is 3.29. The Bertz CT molecular complexity index is 2900. The number of aromatic hydroxyl groups is 8. The zero-order valence-electron chi connectivity index (χ0n) is 41.4. The molecule has 0 amide bonds. The number of fused-ring (bicyclic) bond motifs is 8. The zero-order chi connectivity index (χ0) is 54.3. The number of rotatable bonds is 12. The molecule has 0 aliphatic heterocycles. The van der Waals surface area contributed by atoms with Crippen molar-refractivity contribution in [1.82, 2.24) is 0 Å². The predicted molar refractivity (Wildman–Crippen MR) is 313 cm³/mol. The highest BCUT2D eigenvalue weighted by Gasteiger charge is 2.34. The van der Waals surface area contributed by atoms with E-state index in [1.165, 1.54) is 47.0 Å². The fraction of sp³-hybridized carbons (Fsp3) is 0.200. The summed E-state index contributed by atoms with van der Waals surface area (Å²) in [6.07, 6.45) is 0. The molecule has 8 N–H and O–H groups in total. The molecular formula is C60H52Cl4O8S4.